The largest absolute Gasteiger partial charge is 0.494 e. The third kappa shape index (κ3) is 7.20. The smallest absolute Gasteiger partial charge is 0.416 e. The third-order valence-corrected chi connectivity index (χ3v) is 7.85. The second kappa shape index (κ2) is 14.1. The number of likely N-dealkylation sites (N-methyl/N-ethyl adjacent to an activating group) is 1. The first-order valence-electron chi connectivity index (χ1n) is 14.2. The fraction of sp³-hybridized carbons (Fsp3) is 0.303. The van der Waals surface area contributed by atoms with Crippen LogP contribution in [0.3, 0.4) is 0 Å². The maximum absolute atomic E-state index is 15.6. The molecule has 0 bridgehead atoms. The molecule has 0 aliphatic heterocycles. The van der Waals surface area contributed by atoms with E-state index >= 15 is 4.39 Å². The average molecular weight is 646 g/mol. The number of benzene rings is 3. The fourth-order valence-electron chi connectivity index (χ4n) is 5.45. The maximum Gasteiger partial charge on any atom is 0.416 e. The zero-order valence-corrected chi connectivity index (χ0v) is 25.3. The molecule has 0 fully saturated rings. The number of aromatic nitrogens is 2. The Morgan fingerprint density at radius 2 is 1.65 bits per heavy atom. The molecule has 8 nitrogen and oxygen atoms in total. The molecule has 1 atom stereocenters. The summed E-state index contributed by atoms with van der Waals surface area (Å²) in [4.78, 5) is 41.1. The number of aliphatic carboxylic acids is 1. The van der Waals surface area contributed by atoms with E-state index in [9.17, 15) is 31.9 Å². The number of rotatable bonds is 12. The van der Waals surface area contributed by atoms with Gasteiger partial charge in [0.25, 0.3) is 5.56 Å². The van der Waals surface area contributed by atoms with Crippen molar-refractivity contribution in [3.8, 4) is 16.9 Å². The number of carboxylic acids is 1. The van der Waals surface area contributed by atoms with E-state index in [2.05, 4.69) is 0 Å². The molecule has 0 saturated carbocycles. The van der Waals surface area contributed by atoms with Crippen molar-refractivity contribution in [2.24, 2.45) is 0 Å². The van der Waals surface area contributed by atoms with Crippen molar-refractivity contribution in [2.45, 2.75) is 45.1 Å². The van der Waals surface area contributed by atoms with Gasteiger partial charge in [-0.25, -0.2) is 13.6 Å². The summed E-state index contributed by atoms with van der Waals surface area (Å²) >= 11 is 0. The second-order valence-electron chi connectivity index (χ2n) is 10.7. The monoisotopic (exact) mass is 645 g/mol. The van der Waals surface area contributed by atoms with Crippen LogP contribution in [0.25, 0.3) is 11.1 Å². The van der Waals surface area contributed by atoms with E-state index in [1.165, 1.54) is 32.2 Å². The first-order valence-corrected chi connectivity index (χ1v) is 14.2. The standard InChI is InChI=1S/C33H32F5N3O5/c1-20-29(22-12-7-15-27(46-3)30(22)35)31(44)41(19-26(21-10-5-4-6-11-21)39(2)17-9-16-28(42)43)32(45)40(20)18-23-24(33(36,37)38)13-8-14-25(23)34/h4-8,10-15,26H,9,16-19H2,1-3H3,(H,42,43)/t26-/m0/s1. The number of hydrogen-bond donors (Lipinski definition) is 1. The van der Waals surface area contributed by atoms with E-state index in [1.807, 2.05) is 0 Å². The summed E-state index contributed by atoms with van der Waals surface area (Å²) in [5.41, 5.74) is -4.19. The van der Waals surface area contributed by atoms with E-state index in [0.717, 1.165) is 21.3 Å². The summed E-state index contributed by atoms with van der Waals surface area (Å²) in [5.74, 6) is -3.37. The first kappa shape index (κ1) is 34.1. The van der Waals surface area contributed by atoms with Gasteiger partial charge >= 0.3 is 17.8 Å². The Hall–Kier alpha value is -4.78. The van der Waals surface area contributed by atoms with Gasteiger partial charge in [0.1, 0.15) is 5.82 Å². The molecule has 13 heteroatoms. The number of halogens is 5. The highest BCUT2D eigenvalue weighted by Crippen LogP contribution is 2.34. The quantitative estimate of drug-likeness (QED) is 0.194. The zero-order chi connectivity index (χ0) is 33.8. The maximum atomic E-state index is 15.6. The minimum absolute atomic E-state index is 0.132. The van der Waals surface area contributed by atoms with Crippen LogP contribution in [0.15, 0.2) is 76.3 Å². The van der Waals surface area contributed by atoms with Crippen LogP contribution in [-0.4, -0.2) is 45.8 Å². The van der Waals surface area contributed by atoms with Crippen LogP contribution in [0, 0.1) is 18.6 Å². The van der Waals surface area contributed by atoms with E-state index in [4.69, 9.17) is 9.84 Å². The Balaban J connectivity index is 1.98. The van der Waals surface area contributed by atoms with Gasteiger partial charge in [0.05, 0.1) is 37.4 Å². The molecule has 4 rings (SSSR count). The summed E-state index contributed by atoms with van der Waals surface area (Å²) in [5, 5.41) is 9.11. The van der Waals surface area contributed by atoms with E-state index in [0.29, 0.717) is 11.6 Å². The normalized spacial score (nSPS) is 12.4. The van der Waals surface area contributed by atoms with Crippen molar-refractivity contribution in [1.82, 2.24) is 14.0 Å². The van der Waals surface area contributed by atoms with Gasteiger partial charge in [-0.2, -0.15) is 13.2 Å². The molecule has 1 heterocycles. The molecule has 0 saturated heterocycles. The molecule has 4 aromatic rings. The van der Waals surface area contributed by atoms with Crippen LogP contribution in [0.4, 0.5) is 22.0 Å². The van der Waals surface area contributed by atoms with Gasteiger partial charge in [0, 0.05) is 23.2 Å². The average Bonchev–Trinajstić information content (AvgIpc) is 3.00. The summed E-state index contributed by atoms with van der Waals surface area (Å²) < 4.78 is 79.1. The van der Waals surface area contributed by atoms with Crippen molar-refractivity contribution in [1.29, 1.82) is 0 Å². The van der Waals surface area contributed by atoms with E-state index in [1.54, 1.807) is 42.3 Å². The summed E-state index contributed by atoms with van der Waals surface area (Å²) in [7, 11) is 2.89. The number of carbonyl (C=O) groups is 1. The van der Waals surface area contributed by atoms with Crippen LogP contribution < -0.4 is 16.0 Å². The lowest BCUT2D eigenvalue weighted by Crippen LogP contribution is -2.45. The predicted octanol–water partition coefficient (Wildman–Crippen LogP) is 5.88. The molecule has 0 amide bonds. The summed E-state index contributed by atoms with van der Waals surface area (Å²) in [6, 6.07) is 14.4. The number of alkyl halides is 3. The molecule has 0 unspecified atom stereocenters. The van der Waals surface area contributed by atoms with Gasteiger partial charge < -0.3 is 9.84 Å². The molecule has 0 spiro atoms. The molecule has 0 aliphatic carbocycles. The minimum Gasteiger partial charge on any atom is -0.494 e. The van der Waals surface area contributed by atoms with Gasteiger partial charge in [0.2, 0.25) is 0 Å². The Kier molecular flexibility index (Phi) is 10.5. The molecular weight excluding hydrogens is 613 g/mol. The Labute approximate surface area is 260 Å². The molecule has 0 aliphatic rings. The lowest BCUT2D eigenvalue weighted by molar-refractivity contribution is -0.139. The van der Waals surface area contributed by atoms with E-state index in [-0.39, 0.29) is 48.5 Å². The van der Waals surface area contributed by atoms with Crippen LogP contribution >= 0.6 is 0 Å². The highest BCUT2D eigenvalue weighted by Gasteiger charge is 2.35. The van der Waals surface area contributed by atoms with E-state index < -0.39 is 58.7 Å². The van der Waals surface area contributed by atoms with Gasteiger partial charge in [-0.3, -0.25) is 23.6 Å². The van der Waals surface area contributed by atoms with Gasteiger partial charge in [-0.05, 0) is 50.7 Å². The SMILES string of the molecule is COc1cccc(-c2c(C)n(Cc3c(F)cccc3C(F)(F)F)c(=O)n(C[C@@H](c3ccccc3)N(C)CCCC(=O)O)c2=O)c1F. The van der Waals surface area contributed by atoms with Crippen LogP contribution in [-0.2, 0) is 24.1 Å². The van der Waals surface area contributed by atoms with Gasteiger partial charge in [-0.1, -0.05) is 48.5 Å². The van der Waals surface area contributed by atoms with Gasteiger partial charge in [-0.15, -0.1) is 0 Å². The van der Waals surface area contributed by atoms with Crippen molar-refractivity contribution >= 4 is 5.97 Å². The van der Waals surface area contributed by atoms with Crippen molar-refractivity contribution < 1.29 is 36.6 Å². The minimum atomic E-state index is -4.96. The topological polar surface area (TPSA) is 93.8 Å². The Bertz CT molecular complexity index is 1840. The van der Waals surface area contributed by atoms with Crippen LogP contribution in [0.5, 0.6) is 5.75 Å². The molecule has 3 aromatic carbocycles. The summed E-state index contributed by atoms with van der Waals surface area (Å²) in [6.45, 7) is 0.285. The summed E-state index contributed by atoms with van der Waals surface area (Å²) in [6.07, 6.45) is -4.84. The first-order chi connectivity index (χ1) is 21.8. The molecule has 1 aromatic heterocycles. The fourth-order valence-corrected chi connectivity index (χ4v) is 5.45. The van der Waals surface area contributed by atoms with Crippen LogP contribution in [0.2, 0.25) is 0 Å². The number of methoxy groups -OCH3 is 1. The molecule has 1 N–H and O–H groups in total. The molecular formula is C33H32F5N3O5. The lowest BCUT2D eigenvalue weighted by atomic mass is 10.0. The van der Waals surface area contributed by atoms with Crippen molar-refractivity contribution in [3.05, 3.63) is 122 Å². The number of carboxylic acid groups (broad SMARTS) is 1. The molecule has 244 valence electrons. The Morgan fingerprint density at radius 1 is 0.978 bits per heavy atom. The van der Waals surface area contributed by atoms with Gasteiger partial charge in [0.15, 0.2) is 11.6 Å². The van der Waals surface area contributed by atoms with Crippen molar-refractivity contribution in [3.63, 3.8) is 0 Å². The second-order valence-corrected chi connectivity index (χ2v) is 10.7. The highest BCUT2D eigenvalue weighted by atomic mass is 19.4. The molecule has 0 radical (unpaired) electrons. The number of ether oxygens (including phenoxy) is 1. The predicted molar refractivity (Wildman–Crippen MR) is 161 cm³/mol. The highest BCUT2D eigenvalue weighted by molar-refractivity contribution is 5.68. The number of hydrogen-bond acceptors (Lipinski definition) is 5. The van der Waals surface area contributed by atoms with Crippen molar-refractivity contribution in [2.75, 3.05) is 20.7 Å². The van der Waals surface area contributed by atoms with Crippen LogP contribution in [0.1, 0.15) is 41.3 Å². The molecule has 46 heavy (non-hydrogen) atoms. The zero-order valence-electron chi connectivity index (χ0n) is 25.3. The Morgan fingerprint density at radius 3 is 2.28 bits per heavy atom. The number of nitrogens with zero attached hydrogens (tertiary/aromatic N) is 3. The third-order valence-electron chi connectivity index (χ3n) is 7.85. The lowest BCUT2D eigenvalue weighted by Gasteiger charge is -2.29.